The predicted octanol–water partition coefficient (Wildman–Crippen LogP) is 2.95. The fraction of sp³-hybridized carbons (Fsp3) is 0.143. The van der Waals surface area contributed by atoms with Gasteiger partial charge in [-0.25, -0.2) is 0 Å². The number of allylic oxidation sites excluding steroid dienone is 2. The molecule has 1 aromatic rings. The number of hydrogen-bond acceptors (Lipinski definition) is 3. The molecule has 0 bridgehead atoms. The van der Waals surface area contributed by atoms with E-state index in [2.05, 4.69) is 16.7 Å². The number of hydrogen-bond donors (Lipinski definition) is 2. The second-order valence-corrected chi connectivity index (χ2v) is 4.60. The van der Waals surface area contributed by atoms with E-state index in [9.17, 15) is 4.79 Å². The van der Waals surface area contributed by atoms with E-state index in [0.717, 1.165) is 5.69 Å². The van der Waals surface area contributed by atoms with Gasteiger partial charge in [-0.2, -0.15) is 5.26 Å². The highest BCUT2D eigenvalue weighted by atomic mass is 35.5. The number of nitriles is 1. The highest BCUT2D eigenvalue weighted by molar-refractivity contribution is 6.30. The van der Waals surface area contributed by atoms with Gasteiger partial charge in [0.05, 0.1) is 12.0 Å². The zero-order valence-electron chi connectivity index (χ0n) is 10.3. The quantitative estimate of drug-likeness (QED) is 0.871. The van der Waals surface area contributed by atoms with Gasteiger partial charge < -0.3 is 10.6 Å². The summed E-state index contributed by atoms with van der Waals surface area (Å²) in [5.41, 5.74) is 2.55. The van der Waals surface area contributed by atoms with E-state index in [1.54, 1.807) is 25.3 Å². The first-order valence-corrected chi connectivity index (χ1v) is 6.10. The van der Waals surface area contributed by atoms with Gasteiger partial charge in [0, 0.05) is 22.6 Å². The molecule has 19 heavy (non-hydrogen) atoms. The minimum Gasteiger partial charge on any atom is -0.361 e. The smallest absolute Gasteiger partial charge is 0.228 e. The Bertz CT molecular complexity index is 626. The van der Waals surface area contributed by atoms with E-state index in [1.807, 2.05) is 12.1 Å². The highest BCUT2D eigenvalue weighted by Crippen LogP contribution is 2.22. The third-order valence-corrected chi connectivity index (χ3v) is 2.96. The largest absolute Gasteiger partial charge is 0.361 e. The van der Waals surface area contributed by atoms with Crippen LogP contribution in [0.4, 0.5) is 5.69 Å². The Hall–Kier alpha value is -2.25. The Morgan fingerprint density at radius 3 is 3.00 bits per heavy atom. The van der Waals surface area contributed by atoms with Gasteiger partial charge in [0.1, 0.15) is 6.07 Å². The molecule has 1 aliphatic heterocycles. The molecule has 5 heteroatoms. The van der Waals surface area contributed by atoms with Crippen molar-refractivity contribution in [2.24, 2.45) is 0 Å². The molecular weight excluding hydrogens is 262 g/mol. The lowest BCUT2D eigenvalue weighted by molar-refractivity contribution is -0.119. The second-order valence-electron chi connectivity index (χ2n) is 4.16. The fourth-order valence-electron chi connectivity index (χ4n) is 1.85. The van der Waals surface area contributed by atoms with Crippen molar-refractivity contribution in [3.05, 3.63) is 52.3 Å². The van der Waals surface area contributed by atoms with Crippen LogP contribution in [0.3, 0.4) is 0 Å². The maximum absolute atomic E-state index is 11.5. The SMILES string of the molecule is CC1=C(C#N)/C(=C/Nc2cccc(Cl)c2)CC(=O)N1. The number of amides is 1. The average Bonchev–Trinajstić information content (AvgIpc) is 2.36. The van der Waals surface area contributed by atoms with Gasteiger partial charge in [-0.1, -0.05) is 17.7 Å². The van der Waals surface area contributed by atoms with E-state index in [1.165, 1.54) is 0 Å². The molecule has 0 unspecified atom stereocenters. The molecule has 0 fully saturated rings. The molecule has 0 aliphatic carbocycles. The molecule has 96 valence electrons. The minimum absolute atomic E-state index is 0.115. The Kier molecular flexibility index (Phi) is 3.88. The van der Waals surface area contributed by atoms with Gasteiger partial charge in [-0.15, -0.1) is 0 Å². The van der Waals surface area contributed by atoms with Crippen LogP contribution in [0.5, 0.6) is 0 Å². The van der Waals surface area contributed by atoms with Gasteiger partial charge in [-0.05, 0) is 30.7 Å². The van der Waals surface area contributed by atoms with E-state index >= 15 is 0 Å². The highest BCUT2D eigenvalue weighted by Gasteiger charge is 2.19. The second kappa shape index (κ2) is 5.59. The van der Waals surface area contributed by atoms with Crippen LogP contribution in [-0.2, 0) is 4.79 Å². The Labute approximate surface area is 116 Å². The average molecular weight is 274 g/mol. The van der Waals surface area contributed by atoms with Crippen molar-refractivity contribution in [1.29, 1.82) is 5.26 Å². The molecular formula is C14H12ClN3O. The number of halogens is 1. The number of nitrogens with one attached hydrogen (secondary N) is 2. The molecule has 0 saturated heterocycles. The van der Waals surface area contributed by atoms with E-state index in [0.29, 0.717) is 21.9 Å². The third kappa shape index (κ3) is 3.15. The summed E-state index contributed by atoms with van der Waals surface area (Å²) in [7, 11) is 0. The molecule has 1 aliphatic rings. The summed E-state index contributed by atoms with van der Waals surface area (Å²) < 4.78 is 0. The van der Waals surface area contributed by atoms with E-state index in [4.69, 9.17) is 16.9 Å². The van der Waals surface area contributed by atoms with Crippen LogP contribution in [0, 0.1) is 11.3 Å². The van der Waals surface area contributed by atoms with Crippen LogP contribution in [-0.4, -0.2) is 5.91 Å². The Morgan fingerprint density at radius 2 is 2.32 bits per heavy atom. The van der Waals surface area contributed by atoms with Crippen LogP contribution in [0.1, 0.15) is 13.3 Å². The Balaban J connectivity index is 2.25. The maximum Gasteiger partial charge on any atom is 0.228 e. The monoisotopic (exact) mass is 273 g/mol. The molecule has 0 aromatic heterocycles. The Morgan fingerprint density at radius 1 is 1.53 bits per heavy atom. The lowest BCUT2D eigenvalue weighted by Crippen LogP contribution is -2.28. The van der Waals surface area contributed by atoms with Gasteiger partial charge in [0.2, 0.25) is 5.91 Å². The molecule has 1 amide bonds. The molecule has 1 aromatic carbocycles. The molecule has 0 radical (unpaired) electrons. The molecule has 1 heterocycles. The summed E-state index contributed by atoms with van der Waals surface area (Å²) in [5, 5.41) is 15.4. The number of nitrogens with zero attached hydrogens (tertiary/aromatic N) is 1. The van der Waals surface area contributed by atoms with Crippen molar-refractivity contribution in [3.8, 4) is 6.07 Å². The molecule has 4 nitrogen and oxygen atoms in total. The zero-order chi connectivity index (χ0) is 13.8. The van der Waals surface area contributed by atoms with Crippen LogP contribution >= 0.6 is 11.6 Å². The summed E-state index contributed by atoms with van der Waals surface area (Å²) in [5.74, 6) is -0.115. The van der Waals surface area contributed by atoms with Crippen LogP contribution in [0.2, 0.25) is 5.02 Å². The van der Waals surface area contributed by atoms with Gasteiger partial charge in [-0.3, -0.25) is 4.79 Å². The lowest BCUT2D eigenvalue weighted by atomic mass is 9.99. The van der Waals surface area contributed by atoms with Crippen LogP contribution in [0.25, 0.3) is 0 Å². The fourth-order valence-corrected chi connectivity index (χ4v) is 2.04. The topological polar surface area (TPSA) is 64.9 Å². The maximum atomic E-state index is 11.5. The zero-order valence-corrected chi connectivity index (χ0v) is 11.1. The molecule has 2 rings (SSSR count). The summed E-state index contributed by atoms with van der Waals surface area (Å²) in [6, 6.07) is 9.33. The van der Waals surface area contributed by atoms with Gasteiger partial charge >= 0.3 is 0 Å². The standard InChI is InChI=1S/C14H12ClN3O/c1-9-13(7-16)10(5-14(19)18-9)8-17-12-4-2-3-11(15)6-12/h2-4,6,8,17H,5H2,1H3,(H,18,19)/b10-8+. The molecule has 0 spiro atoms. The van der Waals surface area contributed by atoms with Gasteiger partial charge in [0.15, 0.2) is 0 Å². The lowest BCUT2D eigenvalue weighted by Gasteiger charge is -2.17. The van der Waals surface area contributed by atoms with Crippen LogP contribution < -0.4 is 10.6 Å². The number of benzene rings is 1. The number of anilines is 1. The van der Waals surface area contributed by atoms with Crippen LogP contribution in [0.15, 0.2) is 47.3 Å². The summed E-state index contributed by atoms with van der Waals surface area (Å²) in [6.07, 6.45) is 1.86. The van der Waals surface area contributed by atoms with Crippen molar-refractivity contribution in [3.63, 3.8) is 0 Å². The van der Waals surface area contributed by atoms with Crippen molar-refractivity contribution in [2.45, 2.75) is 13.3 Å². The third-order valence-electron chi connectivity index (χ3n) is 2.72. The summed E-state index contributed by atoms with van der Waals surface area (Å²) in [4.78, 5) is 11.5. The first-order chi connectivity index (χ1) is 9.10. The van der Waals surface area contributed by atoms with Crippen molar-refractivity contribution >= 4 is 23.2 Å². The first-order valence-electron chi connectivity index (χ1n) is 5.72. The minimum atomic E-state index is -0.115. The number of rotatable bonds is 2. The summed E-state index contributed by atoms with van der Waals surface area (Å²) in [6.45, 7) is 1.71. The van der Waals surface area contributed by atoms with E-state index < -0.39 is 0 Å². The van der Waals surface area contributed by atoms with Crippen molar-refractivity contribution in [2.75, 3.05) is 5.32 Å². The molecule has 0 atom stereocenters. The molecule has 2 N–H and O–H groups in total. The first kappa shape index (κ1) is 13.2. The predicted molar refractivity (Wildman–Crippen MR) is 74.2 cm³/mol. The summed E-state index contributed by atoms with van der Waals surface area (Å²) >= 11 is 5.88. The molecule has 0 saturated carbocycles. The van der Waals surface area contributed by atoms with Gasteiger partial charge in [0.25, 0.3) is 0 Å². The number of carbonyl (C=O) groups is 1. The van der Waals surface area contributed by atoms with Crippen molar-refractivity contribution in [1.82, 2.24) is 5.32 Å². The normalized spacial score (nSPS) is 17.1. The number of carbonyl (C=O) groups excluding carboxylic acids is 1. The van der Waals surface area contributed by atoms with E-state index in [-0.39, 0.29) is 12.3 Å². The van der Waals surface area contributed by atoms with Crippen molar-refractivity contribution < 1.29 is 4.79 Å².